The number of pyridine rings is 2. The molecule has 0 unspecified atom stereocenters. The first-order chi connectivity index (χ1) is 12.8. The smallest absolute Gasteiger partial charge is 0.140 e. The van der Waals surface area contributed by atoms with E-state index in [-0.39, 0.29) is 0 Å². The third-order valence-electron chi connectivity index (χ3n) is 4.91. The van der Waals surface area contributed by atoms with E-state index in [1.165, 1.54) is 29.7 Å². The van der Waals surface area contributed by atoms with Crippen LogP contribution in [0.15, 0.2) is 42.7 Å². The first-order valence-electron chi connectivity index (χ1n) is 8.97. The molecule has 5 rings (SSSR count). The predicted molar refractivity (Wildman–Crippen MR) is 102 cm³/mol. The van der Waals surface area contributed by atoms with Crippen molar-refractivity contribution in [3.63, 3.8) is 0 Å². The van der Waals surface area contributed by atoms with Gasteiger partial charge in [0.15, 0.2) is 0 Å². The van der Waals surface area contributed by atoms with E-state index in [9.17, 15) is 0 Å². The Kier molecular flexibility index (Phi) is 3.48. The molecule has 4 aromatic heterocycles. The molecule has 1 aliphatic carbocycles. The van der Waals surface area contributed by atoms with Crippen LogP contribution in [0.5, 0.6) is 0 Å². The molecule has 0 radical (unpaired) electrons. The minimum absolute atomic E-state index is 0.585. The van der Waals surface area contributed by atoms with Crippen molar-refractivity contribution in [2.24, 2.45) is 0 Å². The summed E-state index contributed by atoms with van der Waals surface area (Å²) < 4.78 is 0. The molecule has 4 aromatic rings. The van der Waals surface area contributed by atoms with Crippen LogP contribution in [0.2, 0.25) is 0 Å². The van der Waals surface area contributed by atoms with Crippen LogP contribution < -0.4 is 5.32 Å². The lowest BCUT2D eigenvalue weighted by Gasteiger charge is -2.10. The van der Waals surface area contributed by atoms with Crippen LogP contribution in [0, 0.1) is 6.92 Å². The van der Waals surface area contributed by atoms with Crippen LogP contribution in [0.3, 0.4) is 0 Å². The standard InChI is InChI=1S/C20H20N6/c1-12-18(19(26-25-12)13-5-6-13)16-10-17(24-20-15(16)7-9-22-20)23-11-14-4-2-3-8-21-14/h2-4,7-10,13H,5-6,11H2,1H3,(H,25,26)(H2,22,23,24). The zero-order valence-electron chi connectivity index (χ0n) is 14.6. The molecule has 0 bridgehead atoms. The number of anilines is 1. The van der Waals surface area contributed by atoms with Gasteiger partial charge in [-0.2, -0.15) is 5.10 Å². The van der Waals surface area contributed by atoms with Gasteiger partial charge in [-0.15, -0.1) is 0 Å². The van der Waals surface area contributed by atoms with Gasteiger partial charge in [0.25, 0.3) is 0 Å². The lowest BCUT2D eigenvalue weighted by Crippen LogP contribution is -2.03. The van der Waals surface area contributed by atoms with Crippen LogP contribution >= 0.6 is 0 Å². The molecule has 6 heteroatoms. The Labute approximate surface area is 151 Å². The fourth-order valence-corrected chi connectivity index (χ4v) is 3.46. The molecule has 0 amide bonds. The highest BCUT2D eigenvalue weighted by atomic mass is 15.1. The van der Waals surface area contributed by atoms with E-state index in [4.69, 9.17) is 4.98 Å². The highest BCUT2D eigenvalue weighted by molar-refractivity contribution is 5.96. The number of hydrogen-bond donors (Lipinski definition) is 3. The number of nitrogens with zero attached hydrogens (tertiary/aromatic N) is 3. The summed E-state index contributed by atoms with van der Waals surface area (Å²) in [5, 5.41) is 12.3. The summed E-state index contributed by atoms with van der Waals surface area (Å²) in [5.41, 5.74) is 6.56. The van der Waals surface area contributed by atoms with E-state index in [2.05, 4.69) is 44.5 Å². The third kappa shape index (κ3) is 2.63. The Balaban J connectivity index is 1.57. The Morgan fingerprint density at radius 1 is 1.23 bits per heavy atom. The number of aromatic nitrogens is 5. The van der Waals surface area contributed by atoms with Crippen molar-refractivity contribution in [1.82, 2.24) is 25.1 Å². The monoisotopic (exact) mass is 344 g/mol. The van der Waals surface area contributed by atoms with E-state index in [0.29, 0.717) is 12.5 Å². The van der Waals surface area contributed by atoms with Crippen LogP contribution in [0.4, 0.5) is 5.82 Å². The second-order valence-corrected chi connectivity index (χ2v) is 6.85. The summed E-state index contributed by atoms with van der Waals surface area (Å²) in [6.45, 7) is 2.73. The molecule has 3 N–H and O–H groups in total. The molecule has 0 aliphatic heterocycles. The lowest BCUT2D eigenvalue weighted by atomic mass is 9.99. The van der Waals surface area contributed by atoms with Gasteiger partial charge in [-0.05, 0) is 44.0 Å². The number of aromatic amines is 2. The van der Waals surface area contributed by atoms with Gasteiger partial charge >= 0.3 is 0 Å². The minimum Gasteiger partial charge on any atom is -0.364 e. The average Bonchev–Trinajstić information content (AvgIpc) is 3.27. The van der Waals surface area contributed by atoms with Crippen molar-refractivity contribution >= 4 is 16.9 Å². The van der Waals surface area contributed by atoms with Gasteiger partial charge in [0.1, 0.15) is 11.5 Å². The van der Waals surface area contributed by atoms with Crippen molar-refractivity contribution in [2.45, 2.75) is 32.2 Å². The van der Waals surface area contributed by atoms with E-state index in [1.54, 1.807) is 6.20 Å². The van der Waals surface area contributed by atoms with Crippen LogP contribution in [0.1, 0.15) is 35.8 Å². The summed E-state index contributed by atoms with van der Waals surface area (Å²) in [7, 11) is 0. The van der Waals surface area contributed by atoms with Crippen molar-refractivity contribution in [2.75, 3.05) is 5.32 Å². The maximum absolute atomic E-state index is 4.72. The number of nitrogens with one attached hydrogen (secondary N) is 3. The molecule has 1 saturated carbocycles. The summed E-state index contributed by atoms with van der Waals surface area (Å²) in [5.74, 6) is 1.42. The molecule has 1 aliphatic rings. The average molecular weight is 344 g/mol. The Bertz CT molecular complexity index is 1060. The normalized spacial score (nSPS) is 14.0. The minimum atomic E-state index is 0.585. The molecule has 26 heavy (non-hydrogen) atoms. The van der Waals surface area contributed by atoms with Gasteiger partial charge in [0, 0.05) is 40.5 Å². The largest absolute Gasteiger partial charge is 0.364 e. The van der Waals surface area contributed by atoms with Gasteiger partial charge in [0.05, 0.1) is 17.9 Å². The molecule has 0 spiro atoms. The van der Waals surface area contributed by atoms with E-state index >= 15 is 0 Å². The van der Waals surface area contributed by atoms with E-state index in [0.717, 1.165) is 28.2 Å². The van der Waals surface area contributed by atoms with Gasteiger partial charge in [0.2, 0.25) is 0 Å². The van der Waals surface area contributed by atoms with Crippen LogP contribution in [-0.4, -0.2) is 25.1 Å². The molecular formula is C20H20N6. The molecule has 0 aromatic carbocycles. The number of H-pyrrole nitrogens is 2. The second kappa shape index (κ2) is 5.98. The third-order valence-corrected chi connectivity index (χ3v) is 4.91. The molecule has 0 saturated heterocycles. The highest BCUT2D eigenvalue weighted by Gasteiger charge is 2.30. The zero-order valence-corrected chi connectivity index (χ0v) is 14.6. The van der Waals surface area contributed by atoms with Crippen LogP contribution in [0.25, 0.3) is 22.2 Å². The topological polar surface area (TPSA) is 82.3 Å². The van der Waals surface area contributed by atoms with Gasteiger partial charge in [-0.25, -0.2) is 4.98 Å². The van der Waals surface area contributed by atoms with Crippen molar-refractivity contribution in [3.05, 3.63) is 59.8 Å². The van der Waals surface area contributed by atoms with Gasteiger partial charge in [-0.1, -0.05) is 6.07 Å². The van der Waals surface area contributed by atoms with Gasteiger partial charge in [-0.3, -0.25) is 10.1 Å². The molecule has 130 valence electrons. The molecule has 4 heterocycles. The van der Waals surface area contributed by atoms with Crippen molar-refractivity contribution in [3.8, 4) is 11.1 Å². The second-order valence-electron chi connectivity index (χ2n) is 6.85. The fourth-order valence-electron chi connectivity index (χ4n) is 3.46. The predicted octanol–water partition coefficient (Wildman–Crippen LogP) is 4.15. The fraction of sp³-hybridized carbons (Fsp3) is 0.250. The zero-order chi connectivity index (χ0) is 17.5. The summed E-state index contributed by atoms with van der Waals surface area (Å²) in [6.07, 6.45) is 6.20. The van der Waals surface area contributed by atoms with E-state index in [1.807, 2.05) is 24.4 Å². The number of aryl methyl sites for hydroxylation is 1. The summed E-state index contributed by atoms with van der Waals surface area (Å²) >= 11 is 0. The Morgan fingerprint density at radius 3 is 2.96 bits per heavy atom. The SMILES string of the molecule is Cc1[nH]nc(C2CC2)c1-c1cc(NCc2ccccn2)nc2[nH]ccc12. The first-order valence-corrected chi connectivity index (χ1v) is 8.97. The Morgan fingerprint density at radius 2 is 2.15 bits per heavy atom. The summed E-state index contributed by atoms with van der Waals surface area (Å²) in [4.78, 5) is 12.3. The maximum Gasteiger partial charge on any atom is 0.140 e. The first kappa shape index (κ1) is 15.1. The number of rotatable bonds is 5. The molecular weight excluding hydrogens is 324 g/mol. The van der Waals surface area contributed by atoms with Crippen molar-refractivity contribution in [1.29, 1.82) is 0 Å². The highest BCUT2D eigenvalue weighted by Crippen LogP contribution is 2.45. The number of hydrogen-bond acceptors (Lipinski definition) is 4. The van der Waals surface area contributed by atoms with Crippen molar-refractivity contribution < 1.29 is 0 Å². The maximum atomic E-state index is 4.72. The summed E-state index contributed by atoms with van der Waals surface area (Å²) in [6, 6.07) is 10.1. The lowest BCUT2D eigenvalue weighted by molar-refractivity contribution is 0.955. The van der Waals surface area contributed by atoms with E-state index < -0.39 is 0 Å². The Hall–Kier alpha value is -3.15. The van der Waals surface area contributed by atoms with Crippen LogP contribution in [-0.2, 0) is 6.54 Å². The van der Waals surface area contributed by atoms with Gasteiger partial charge < -0.3 is 10.3 Å². The number of fused-ring (bicyclic) bond motifs is 1. The molecule has 1 fully saturated rings. The molecule has 0 atom stereocenters. The quantitative estimate of drug-likeness (QED) is 0.508. The molecule has 6 nitrogen and oxygen atoms in total.